The summed E-state index contributed by atoms with van der Waals surface area (Å²) in [7, 11) is 0. The zero-order valence-electron chi connectivity index (χ0n) is 20.1. The molecule has 202 valence electrons. The Hall–Kier alpha value is -2.65. The van der Waals surface area contributed by atoms with Crippen molar-refractivity contribution in [1.82, 2.24) is 0 Å². The number of ketones is 2. The minimum atomic E-state index is -0.966. The number of carbonyl (C=O) groups is 5. The number of carbonyl (C=O) groups excluding carboxylic acids is 4. The molecule has 0 heterocycles. The second-order valence-electron chi connectivity index (χ2n) is 8.84. The highest BCUT2D eigenvalue weighted by Crippen LogP contribution is 2.43. The van der Waals surface area contributed by atoms with Gasteiger partial charge in [0.15, 0.2) is 11.6 Å². The summed E-state index contributed by atoms with van der Waals surface area (Å²) in [6.45, 7) is 2.66. The van der Waals surface area contributed by atoms with E-state index in [-0.39, 0.29) is 16.6 Å². The molecule has 0 radical (unpaired) electrons. The SMILES string of the molecule is CC(=O)OC(C)OC(=O)[C@H]1C[C@@H]1C(=O)c1ccc(Cl)c(Cl)c1.O=C(O)[C@H]1C[C@@H]1C(=O)c1ccc(Cl)c(Cl)c1. The molecular formula is C26H22Cl4O8. The Labute approximate surface area is 238 Å². The standard InChI is InChI=1S/C15H14Cl2O5.C11H8Cl2O3/c1-7(18)21-8(2)22-15(20)11-6-10(11)14(19)9-3-4-12(16)13(17)5-9;12-8-2-1-5(3-9(8)13)10(14)6-4-7(6)11(15)16/h3-5,8,10-11H,6H2,1-2H3;1-3,6-7H,4H2,(H,15,16)/t8?,10-,11-;6-,7-/m00/s1. The van der Waals surface area contributed by atoms with E-state index in [0.717, 1.165) is 0 Å². The van der Waals surface area contributed by atoms with Crippen molar-refractivity contribution in [3.05, 3.63) is 67.6 Å². The van der Waals surface area contributed by atoms with E-state index in [4.69, 9.17) is 61.0 Å². The van der Waals surface area contributed by atoms with Crippen LogP contribution in [0.2, 0.25) is 20.1 Å². The number of hydrogen-bond donors (Lipinski definition) is 1. The number of benzene rings is 2. The molecule has 4 rings (SSSR count). The molecule has 12 heteroatoms. The largest absolute Gasteiger partial charge is 0.481 e. The molecule has 2 aromatic carbocycles. The molecule has 2 aliphatic rings. The minimum absolute atomic E-state index is 0.175. The molecule has 2 aliphatic carbocycles. The van der Waals surface area contributed by atoms with Crippen LogP contribution in [0.15, 0.2) is 36.4 Å². The van der Waals surface area contributed by atoms with E-state index in [9.17, 15) is 24.0 Å². The first-order chi connectivity index (χ1) is 17.8. The fourth-order valence-corrected chi connectivity index (χ4v) is 4.33. The second kappa shape index (κ2) is 12.5. The summed E-state index contributed by atoms with van der Waals surface area (Å²) in [5, 5.41) is 10.1. The number of carboxylic acid groups (broad SMARTS) is 1. The zero-order valence-corrected chi connectivity index (χ0v) is 23.1. The molecular weight excluding hydrogens is 582 g/mol. The van der Waals surface area contributed by atoms with E-state index < -0.39 is 47.9 Å². The lowest BCUT2D eigenvalue weighted by molar-refractivity contribution is -0.184. The third-order valence-corrected chi connectivity index (χ3v) is 7.37. The van der Waals surface area contributed by atoms with E-state index >= 15 is 0 Å². The molecule has 0 aliphatic heterocycles. The number of halogens is 4. The predicted molar refractivity (Wildman–Crippen MR) is 140 cm³/mol. The lowest BCUT2D eigenvalue weighted by Gasteiger charge is -2.12. The fourth-order valence-electron chi connectivity index (χ4n) is 3.74. The fraction of sp³-hybridized carbons (Fsp3) is 0.346. The van der Waals surface area contributed by atoms with Crippen molar-refractivity contribution >= 4 is 75.9 Å². The van der Waals surface area contributed by atoms with E-state index in [0.29, 0.717) is 39.0 Å². The van der Waals surface area contributed by atoms with Gasteiger partial charge in [0.05, 0.1) is 31.9 Å². The molecule has 1 N–H and O–H groups in total. The van der Waals surface area contributed by atoms with Crippen LogP contribution in [0.5, 0.6) is 0 Å². The van der Waals surface area contributed by atoms with Crippen molar-refractivity contribution in [1.29, 1.82) is 0 Å². The van der Waals surface area contributed by atoms with Crippen LogP contribution < -0.4 is 0 Å². The third-order valence-electron chi connectivity index (χ3n) is 5.90. The van der Waals surface area contributed by atoms with Crippen LogP contribution in [-0.2, 0) is 23.9 Å². The minimum Gasteiger partial charge on any atom is -0.481 e. The van der Waals surface area contributed by atoms with Gasteiger partial charge in [-0.2, -0.15) is 0 Å². The van der Waals surface area contributed by atoms with Crippen molar-refractivity contribution in [2.45, 2.75) is 33.0 Å². The molecule has 0 bridgehead atoms. The molecule has 0 aromatic heterocycles. The summed E-state index contributed by atoms with van der Waals surface area (Å²) in [6.07, 6.45) is -0.148. The van der Waals surface area contributed by atoms with Crippen molar-refractivity contribution < 1.29 is 38.6 Å². The highest BCUT2D eigenvalue weighted by molar-refractivity contribution is 6.42. The Morgan fingerprint density at radius 3 is 1.58 bits per heavy atom. The quantitative estimate of drug-likeness (QED) is 0.216. The van der Waals surface area contributed by atoms with Crippen molar-refractivity contribution in [2.75, 3.05) is 0 Å². The Kier molecular flexibility index (Phi) is 9.81. The van der Waals surface area contributed by atoms with Crippen molar-refractivity contribution in [3.63, 3.8) is 0 Å². The van der Waals surface area contributed by atoms with Crippen LogP contribution in [-0.4, -0.2) is 40.9 Å². The lowest BCUT2D eigenvalue weighted by atomic mass is 10.1. The van der Waals surface area contributed by atoms with Crippen LogP contribution in [0, 0.1) is 23.7 Å². The Balaban J connectivity index is 0.000000221. The van der Waals surface area contributed by atoms with Gasteiger partial charge < -0.3 is 14.6 Å². The molecule has 0 amide bonds. The Bertz CT molecular complexity index is 1290. The first-order valence-electron chi connectivity index (χ1n) is 11.4. The van der Waals surface area contributed by atoms with E-state index in [1.165, 1.54) is 38.1 Å². The van der Waals surface area contributed by atoms with E-state index in [1.807, 2.05) is 0 Å². The first kappa shape index (κ1) is 29.9. The Morgan fingerprint density at radius 2 is 1.18 bits per heavy atom. The average molecular weight is 604 g/mol. The molecule has 0 saturated heterocycles. The van der Waals surface area contributed by atoms with Crippen LogP contribution in [0.1, 0.15) is 47.4 Å². The maximum absolute atomic E-state index is 12.3. The van der Waals surface area contributed by atoms with E-state index in [1.54, 1.807) is 12.1 Å². The summed E-state index contributed by atoms with van der Waals surface area (Å²) in [5.41, 5.74) is 0.825. The van der Waals surface area contributed by atoms with Gasteiger partial charge in [-0.25, -0.2) is 0 Å². The van der Waals surface area contributed by atoms with Gasteiger partial charge in [-0.05, 0) is 49.2 Å². The Morgan fingerprint density at radius 1 is 0.737 bits per heavy atom. The van der Waals surface area contributed by atoms with Crippen LogP contribution >= 0.6 is 46.4 Å². The number of rotatable bonds is 8. The van der Waals surface area contributed by atoms with Gasteiger partial charge in [-0.3, -0.25) is 24.0 Å². The molecule has 1 unspecified atom stereocenters. The molecule has 2 aromatic rings. The van der Waals surface area contributed by atoms with Crippen LogP contribution in [0.4, 0.5) is 0 Å². The van der Waals surface area contributed by atoms with Gasteiger partial charge in [-0.1, -0.05) is 46.4 Å². The van der Waals surface area contributed by atoms with Gasteiger partial charge in [0.25, 0.3) is 0 Å². The van der Waals surface area contributed by atoms with Crippen LogP contribution in [0.3, 0.4) is 0 Å². The monoisotopic (exact) mass is 602 g/mol. The summed E-state index contributed by atoms with van der Waals surface area (Å²) in [6, 6.07) is 9.16. The molecule has 8 nitrogen and oxygen atoms in total. The summed E-state index contributed by atoms with van der Waals surface area (Å²) in [5.74, 6) is -4.26. The topological polar surface area (TPSA) is 124 Å². The number of esters is 2. The van der Waals surface area contributed by atoms with Gasteiger partial charge in [0.1, 0.15) is 0 Å². The molecule has 38 heavy (non-hydrogen) atoms. The first-order valence-corrected chi connectivity index (χ1v) is 12.9. The van der Waals surface area contributed by atoms with Gasteiger partial charge in [0, 0.05) is 36.8 Å². The van der Waals surface area contributed by atoms with E-state index in [2.05, 4.69) is 0 Å². The van der Waals surface area contributed by atoms with Gasteiger partial charge in [0.2, 0.25) is 6.29 Å². The van der Waals surface area contributed by atoms with Crippen molar-refractivity contribution in [2.24, 2.45) is 23.7 Å². The highest BCUT2D eigenvalue weighted by atomic mass is 35.5. The zero-order chi connectivity index (χ0) is 28.3. The maximum atomic E-state index is 12.3. The molecule has 0 spiro atoms. The molecule has 5 atom stereocenters. The summed E-state index contributed by atoms with van der Waals surface area (Å²) in [4.78, 5) is 57.3. The summed E-state index contributed by atoms with van der Waals surface area (Å²) >= 11 is 23.2. The number of Topliss-reactive ketones (excluding diaryl/α,β-unsaturated/α-hetero) is 2. The number of aliphatic carboxylic acids is 1. The lowest BCUT2D eigenvalue weighted by Crippen LogP contribution is -2.22. The smallest absolute Gasteiger partial charge is 0.312 e. The van der Waals surface area contributed by atoms with Crippen LogP contribution in [0.25, 0.3) is 0 Å². The second-order valence-corrected chi connectivity index (χ2v) is 10.5. The van der Waals surface area contributed by atoms with Crippen molar-refractivity contribution in [3.8, 4) is 0 Å². The molecule has 2 saturated carbocycles. The number of hydrogen-bond acceptors (Lipinski definition) is 7. The summed E-state index contributed by atoms with van der Waals surface area (Å²) < 4.78 is 9.67. The molecule has 2 fully saturated rings. The number of carboxylic acids is 1. The highest BCUT2D eigenvalue weighted by Gasteiger charge is 2.50. The van der Waals surface area contributed by atoms with Gasteiger partial charge >= 0.3 is 17.9 Å². The maximum Gasteiger partial charge on any atom is 0.312 e. The number of ether oxygens (including phenoxy) is 2. The predicted octanol–water partition coefficient (Wildman–Crippen LogP) is 6.16. The normalized spacial score (nSPS) is 21.7. The average Bonchev–Trinajstić information content (AvgIpc) is 3.74. The third kappa shape index (κ3) is 7.69. The van der Waals surface area contributed by atoms with Gasteiger partial charge in [-0.15, -0.1) is 0 Å².